The average molecular weight is 349 g/mol. The van der Waals surface area contributed by atoms with Gasteiger partial charge in [0.2, 0.25) is 5.91 Å². The van der Waals surface area contributed by atoms with E-state index in [9.17, 15) is 9.59 Å². The van der Waals surface area contributed by atoms with Crippen LogP contribution in [-0.4, -0.2) is 71.4 Å². The van der Waals surface area contributed by atoms with E-state index in [2.05, 4.69) is 15.7 Å². The molecule has 0 bridgehead atoms. The van der Waals surface area contributed by atoms with Crippen LogP contribution in [0.1, 0.15) is 30.1 Å². The fourth-order valence-electron chi connectivity index (χ4n) is 3.44. The Morgan fingerprint density at radius 3 is 2.80 bits per heavy atom. The van der Waals surface area contributed by atoms with Crippen molar-refractivity contribution < 1.29 is 14.3 Å². The van der Waals surface area contributed by atoms with Crippen LogP contribution in [-0.2, 0) is 16.6 Å². The smallest absolute Gasteiger partial charge is 0.254 e. The topological polar surface area (TPSA) is 88.5 Å². The number of rotatable bonds is 4. The number of ether oxygens (including phenoxy) is 1. The molecule has 2 fully saturated rings. The molecular formula is C17H27N5O3. The second kappa shape index (κ2) is 7.97. The van der Waals surface area contributed by atoms with Crippen LogP contribution in [0.25, 0.3) is 0 Å². The van der Waals surface area contributed by atoms with Gasteiger partial charge in [-0.3, -0.25) is 14.3 Å². The summed E-state index contributed by atoms with van der Waals surface area (Å²) in [6.45, 7) is 5.42. The van der Waals surface area contributed by atoms with Gasteiger partial charge in [-0.2, -0.15) is 5.10 Å². The van der Waals surface area contributed by atoms with E-state index in [1.165, 1.54) is 0 Å². The molecule has 2 saturated heterocycles. The van der Waals surface area contributed by atoms with Crippen molar-refractivity contribution in [3.63, 3.8) is 0 Å². The van der Waals surface area contributed by atoms with E-state index in [1.54, 1.807) is 24.1 Å². The van der Waals surface area contributed by atoms with Crippen LogP contribution in [0.3, 0.4) is 0 Å². The summed E-state index contributed by atoms with van der Waals surface area (Å²) in [5.74, 6) is 0.437. The van der Waals surface area contributed by atoms with Crippen LogP contribution in [0.4, 0.5) is 0 Å². The molecule has 0 radical (unpaired) electrons. The van der Waals surface area contributed by atoms with Crippen LogP contribution < -0.4 is 10.6 Å². The van der Waals surface area contributed by atoms with Crippen LogP contribution in [0.2, 0.25) is 0 Å². The van der Waals surface area contributed by atoms with Crippen molar-refractivity contribution in [2.24, 2.45) is 13.0 Å². The summed E-state index contributed by atoms with van der Waals surface area (Å²) in [6, 6.07) is -0.240. The molecule has 3 heterocycles. The molecule has 0 spiro atoms. The molecule has 0 saturated carbocycles. The molecule has 0 aromatic carbocycles. The van der Waals surface area contributed by atoms with Gasteiger partial charge in [0.05, 0.1) is 24.5 Å². The zero-order chi connectivity index (χ0) is 17.8. The molecule has 2 aliphatic rings. The third-order valence-electron chi connectivity index (χ3n) is 5.03. The van der Waals surface area contributed by atoms with Crippen molar-refractivity contribution in [1.29, 1.82) is 0 Å². The van der Waals surface area contributed by atoms with Gasteiger partial charge in [-0.25, -0.2) is 0 Å². The number of hydrogen-bond donors (Lipinski definition) is 2. The normalized spacial score (nSPS) is 25.0. The molecule has 138 valence electrons. The summed E-state index contributed by atoms with van der Waals surface area (Å²) in [4.78, 5) is 26.6. The van der Waals surface area contributed by atoms with E-state index in [1.807, 2.05) is 11.8 Å². The zero-order valence-electron chi connectivity index (χ0n) is 14.9. The first-order valence-electron chi connectivity index (χ1n) is 8.95. The number of amides is 2. The predicted molar refractivity (Wildman–Crippen MR) is 92.0 cm³/mol. The van der Waals surface area contributed by atoms with Gasteiger partial charge in [0, 0.05) is 39.4 Å². The van der Waals surface area contributed by atoms with Crippen molar-refractivity contribution in [1.82, 2.24) is 25.3 Å². The Bertz CT molecular complexity index is 609. The Labute approximate surface area is 147 Å². The minimum atomic E-state index is -0.240. The highest BCUT2D eigenvalue weighted by Crippen LogP contribution is 2.19. The van der Waals surface area contributed by atoms with E-state index in [-0.39, 0.29) is 24.0 Å². The number of nitrogens with zero attached hydrogens (tertiary/aromatic N) is 3. The molecule has 25 heavy (non-hydrogen) atoms. The van der Waals surface area contributed by atoms with Gasteiger partial charge >= 0.3 is 0 Å². The van der Waals surface area contributed by atoms with Gasteiger partial charge in [0.25, 0.3) is 5.91 Å². The third kappa shape index (κ3) is 4.38. The Balaban J connectivity index is 1.42. The van der Waals surface area contributed by atoms with Gasteiger partial charge in [0.15, 0.2) is 0 Å². The molecule has 0 aliphatic carbocycles. The molecule has 2 amide bonds. The van der Waals surface area contributed by atoms with E-state index in [0.29, 0.717) is 24.6 Å². The van der Waals surface area contributed by atoms with Gasteiger partial charge in [0.1, 0.15) is 6.04 Å². The molecular weight excluding hydrogens is 322 g/mol. The maximum absolute atomic E-state index is 12.6. The molecule has 0 unspecified atom stereocenters. The highest BCUT2D eigenvalue weighted by atomic mass is 16.5. The van der Waals surface area contributed by atoms with E-state index < -0.39 is 0 Å². The predicted octanol–water partition coefficient (Wildman–Crippen LogP) is -0.235. The summed E-state index contributed by atoms with van der Waals surface area (Å²) in [5.41, 5.74) is 0.576. The average Bonchev–Trinajstić information content (AvgIpc) is 3.06. The Morgan fingerprint density at radius 1 is 1.40 bits per heavy atom. The number of likely N-dealkylation sites (tertiary alicyclic amines) is 1. The van der Waals surface area contributed by atoms with Crippen LogP contribution in [0.5, 0.6) is 0 Å². The molecule has 1 aromatic heterocycles. The number of nitrogens with one attached hydrogen (secondary N) is 2. The molecule has 2 aliphatic heterocycles. The number of carbonyl (C=O) groups excluding carboxylic acids is 2. The number of hydrogen-bond acceptors (Lipinski definition) is 5. The van der Waals surface area contributed by atoms with Crippen molar-refractivity contribution in [2.45, 2.75) is 31.9 Å². The lowest BCUT2D eigenvalue weighted by atomic mass is 9.95. The summed E-state index contributed by atoms with van der Waals surface area (Å²) in [6.07, 6.45) is 4.99. The lowest BCUT2D eigenvalue weighted by Crippen LogP contribution is -2.57. The summed E-state index contributed by atoms with van der Waals surface area (Å²) >= 11 is 0. The highest BCUT2D eigenvalue weighted by Gasteiger charge is 2.33. The molecule has 1 aromatic rings. The van der Waals surface area contributed by atoms with E-state index >= 15 is 0 Å². The fourth-order valence-corrected chi connectivity index (χ4v) is 3.44. The first-order chi connectivity index (χ1) is 12.0. The number of carbonyl (C=O) groups is 2. The molecule has 3 rings (SSSR count). The van der Waals surface area contributed by atoms with Gasteiger partial charge in [-0.1, -0.05) is 0 Å². The number of morpholine rings is 1. The van der Waals surface area contributed by atoms with Crippen LogP contribution in [0, 0.1) is 5.92 Å². The van der Waals surface area contributed by atoms with Gasteiger partial charge in [-0.05, 0) is 25.7 Å². The standard InChI is InChI=1S/C17H27N5O3/c1-12-15(18-5-8-25-12)17(24)22-6-3-13(4-7-22)9-19-16(23)14-10-20-21(2)11-14/h10-13,15,18H,3-9H2,1-2H3,(H,19,23)/t12-,15+/m1/s1. The maximum Gasteiger partial charge on any atom is 0.254 e. The summed E-state index contributed by atoms with van der Waals surface area (Å²) in [7, 11) is 1.79. The van der Waals surface area contributed by atoms with Crippen LogP contribution >= 0.6 is 0 Å². The lowest BCUT2D eigenvalue weighted by molar-refractivity contribution is -0.140. The quantitative estimate of drug-likeness (QED) is 0.784. The molecule has 8 nitrogen and oxygen atoms in total. The first-order valence-corrected chi connectivity index (χ1v) is 8.95. The van der Waals surface area contributed by atoms with Crippen molar-refractivity contribution in [3.8, 4) is 0 Å². The second-order valence-corrected chi connectivity index (χ2v) is 6.89. The first kappa shape index (κ1) is 17.9. The van der Waals surface area contributed by atoms with Crippen molar-refractivity contribution in [2.75, 3.05) is 32.8 Å². The minimum absolute atomic E-state index is 0.0854. The van der Waals surface area contributed by atoms with E-state index in [4.69, 9.17) is 4.74 Å². The van der Waals surface area contributed by atoms with Crippen molar-refractivity contribution in [3.05, 3.63) is 18.0 Å². The lowest BCUT2D eigenvalue weighted by Gasteiger charge is -2.37. The summed E-state index contributed by atoms with van der Waals surface area (Å²) < 4.78 is 7.18. The van der Waals surface area contributed by atoms with Crippen molar-refractivity contribution >= 4 is 11.8 Å². The maximum atomic E-state index is 12.6. The highest BCUT2D eigenvalue weighted by molar-refractivity contribution is 5.93. The number of aryl methyl sites for hydroxylation is 1. The number of aromatic nitrogens is 2. The van der Waals surface area contributed by atoms with Gasteiger partial charge in [-0.15, -0.1) is 0 Å². The number of piperidine rings is 1. The van der Waals surface area contributed by atoms with E-state index in [0.717, 1.165) is 32.5 Å². The zero-order valence-corrected chi connectivity index (χ0v) is 14.9. The third-order valence-corrected chi connectivity index (χ3v) is 5.03. The second-order valence-electron chi connectivity index (χ2n) is 6.89. The Hall–Kier alpha value is -1.93. The Morgan fingerprint density at radius 2 is 2.16 bits per heavy atom. The Kier molecular flexibility index (Phi) is 5.70. The fraction of sp³-hybridized carbons (Fsp3) is 0.706. The van der Waals surface area contributed by atoms with Crippen LogP contribution in [0.15, 0.2) is 12.4 Å². The van der Waals surface area contributed by atoms with Gasteiger partial charge < -0.3 is 20.3 Å². The minimum Gasteiger partial charge on any atom is -0.375 e. The SMILES string of the molecule is C[C@H]1OCCN[C@@H]1C(=O)N1CCC(CNC(=O)c2cnn(C)c2)CC1. The largest absolute Gasteiger partial charge is 0.375 e. The summed E-state index contributed by atoms with van der Waals surface area (Å²) in [5, 5.41) is 10.2. The molecule has 8 heteroatoms. The molecule has 2 N–H and O–H groups in total. The molecule has 2 atom stereocenters. The monoisotopic (exact) mass is 349 g/mol.